The van der Waals surface area contributed by atoms with Crippen LogP contribution in [0.2, 0.25) is 0 Å². The van der Waals surface area contributed by atoms with E-state index < -0.39 is 0 Å². The van der Waals surface area contributed by atoms with E-state index in [2.05, 4.69) is 37.8 Å². The van der Waals surface area contributed by atoms with E-state index >= 15 is 0 Å². The number of carbonyl (C=O) groups excluding carboxylic acids is 1. The van der Waals surface area contributed by atoms with Crippen LogP contribution in [0, 0.1) is 0 Å². The molecule has 0 saturated heterocycles. The molecule has 170 valence electrons. The Hall–Kier alpha value is -2.46. The van der Waals surface area contributed by atoms with Crippen LogP contribution in [0.4, 0.5) is 5.13 Å². The number of fused-ring (bicyclic) bond motifs is 1. The molecular weight excluding hydrogens is 444 g/mol. The first-order chi connectivity index (χ1) is 15.6. The number of rotatable bonds is 9. The molecule has 10 heteroatoms. The Morgan fingerprint density at radius 3 is 2.75 bits per heavy atom. The number of carbonyl (C=O) groups is 1. The first-order valence-corrected chi connectivity index (χ1v) is 12.7. The van der Waals surface area contributed by atoms with Crippen LogP contribution in [0.15, 0.2) is 23.4 Å². The van der Waals surface area contributed by atoms with Gasteiger partial charge in [-0.25, -0.2) is 0 Å². The second-order valence-corrected chi connectivity index (χ2v) is 10.0. The Morgan fingerprint density at radius 2 is 2.00 bits per heavy atom. The molecule has 0 fully saturated rings. The fraction of sp³-hybridized carbons (Fsp3) is 0.500. The van der Waals surface area contributed by atoms with Gasteiger partial charge in [0.2, 0.25) is 11.0 Å². The molecule has 1 amide bonds. The van der Waals surface area contributed by atoms with E-state index in [0.29, 0.717) is 23.4 Å². The minimum atomic E-state index is -0.354. The van der Waals surface area contributed by atoms with Gasteiger partial charge in [-0.1, -0.05) is 36.1 Å². The Labute approximate surface area is 196 Å². The van der Waals surface area contributed by atoms with E-state index in [-0.39, 0.29) is 11.2 Å². The minimum absolute atomic E-state index is 0.133. The highest BCUT2D eigenvalue weighted by molar-refractivity contribution is 8.00. The van der Waals surface area contributed by atoms with Gasteiger partial charge in [0.15, 0.2) is 11.0 Å². The predicted octanol–water partition coefficient (Wildman–Crippen LogP) is 4.29. The van der Waals surface area contributed by atoms with Crippen LogP contribution in [-0.4, -0.2) is 36.1 Å². The van der Waals surface area contributed by atoms with Gasteiger partial charge in [0.05, 0.1) is 5.25 Å². The molecule has 0 unspecified atom stereocenters. The third-order valence-corrected chi connectivity index (χ3v) is 7.51. The van der Waals surface area contributed by atoms with E-state index in [4.69, 9.17) is 4.74 Å². The number of nitrogens with zero attached hydrogens (tertiary/aromatic N) is 5. The van der Waals surface area contributed by atoms with Gasteiger partial charge in [-0.05, 0) is 69.2 Å². The number of amides is 1. The van der Waals surface area contributed by atoms with E-state index in [1.54, 1.807) is 0 Å². The van der Waals surface area contributed by atoms with Gasteiger partial charge in [0.25, 0.3) is 0 Å². The molecule has 32 heavy (non-hydrogen) atoms. The summed E-state index contributed by atoms with van der Waals surface area (Å²) in [5, 5.41) is 21.3. The summed E-state index contributed by atoms with van der Waals surface area (Å²) in [5.74, 6) is 1.48. The molecule has 1 N–H and O–H groups in total. The molecule has 1 aliphatic rings. The van der Waals surface area contributed by atoms with Crippen LogP contribution in [0.1, 0.15) is 55.6 Å². The number of hydrogen-bond acceptors (Lipinski definition) is 8. The van der Waals surface area contributed by atoms with E-state index in [0.717, 1.165) is 35.8 Å². The smallest absolute Gasteiger partial charge is 0.239 e. The number of aryl methyl sites for hydroxylation is 3. The summed E-state index contributed by atoms with van der Waals surface area (Å²) in [5.41, 5.74) is 2.83. The standard InChI is InChI=1S/C22H28N6O2S2/c1-4-19-25-26-21(32-19)23-20(29)14(3)31-22-27-24-18(28(22)5-2)13-30-17-11-10-15-8-6-7-9-16(15)12-17/h10-12,14H,4-9,13H2,1-3H3,(H,23,26,29)/t14-/m0/s1. The fourth-order valence-corrected chi connectivity index (χ4v) is 5.26. The summed E-state index contributed by atoms with van der Waals surface area (Å²) in [7, 11) is 0. The fourth-order valence-electron chi connectivity index (χ4n) is 3.64. The zero-order valence-corrected chi connectivity index (χ0v) is 20.3. The monoisotopic (exact) mass is 472 g/mol. The van der Waals surface area contributed by atoms with Crippen molar-refractivity contribution in [2.75, 3.05) is 5.32 Å². The number of thioether (sulfide) groups is 1. The highest BCUT2D eigenvalue weighted by Crippen LogP contribution is 2.27. The second kappa shape index (κ2) is 10.4. The minimum Gasteiger partial charge on any atom is -0.486 e. The molecule has 0 radical (unpaired) electrons. The summed E-state index contributed by atoms with van der Waals surface area (Å²) in [6.07, 6.45) is 5.59. The van der Waals surface area contributed by atoms with Gasteiger partial charge in [-0.2, -0.15) is 0 Å². The van der Waals surface area contributed by atoms with Crippen molar-refractivity contribution in [3.63, 3.8) is 0 Å². The highest BCUT2D eigenvalue weighted by Gasteiger charge is 2.21. The Kier molecular flexibility index (Phi) is 7.41. The quantitative estimate of drug-likeness (QED) is 0.464. The average molecular weight is 473 g/mol. The third kappa shape index (κ3) is 5.29. The van der Waals surface area contributed by atoms with Crippen molar-refractivity contribution in [1.82, 2.24) is 25.0 Å². The van der Waals surface area contributed by atoms with E-state index in [1.807, 2.05) is 31.4 Å². The normalized spacial score (nSPS) is 14.1. The van der Waals surface area contributed by atoms with Crippen molar-refractivity contribution in [2.24, 2.45) is 0 Å². The number of anilines is 1. The summed E-state index contributed by atoms with van der Waals surface area (Å²) >= 11 is 2.77. The van der Waals surface area contributed by atoms with Crippen LogP contribution in [0.3, 0.4) is 0 Å². The maximum atomic E-state index is 12.6. The zero-order chi connectivity index (χ0) is 22.5. The first kappa shape index (κ1) is 22.7. The van der Waals surface area contributed by atoms with Crippen molar-refractivity contribution >= 4 is 34.1 Å². The van der Waals surface area contributed by atoms with Crippen LogP contribution in [0.5, 0.6) is 5.75 Å². The molecule has 0 aliphatic heterocycles. The Balaban J connectivity index is 1.37. The number of benzene rings is 1. The van der Waals surface area contributed by atoms with Crippen LogP contribution >= 0.6 is 23.1 Å². The van der Waals surface area contributed by atoms with Gasteiger partial charge >= 0.3 is 0 Å². The van der Waals surface area contributed by atoms with Crippen LogP contribution in [0.25, 0.3) is 0 Å². The molecule has 0 spiro atoms. The largest absolute Gasteiger partial charge is 0.486 e. The molecule has 0 bridgehead atoms. The lowest BCUT2D eigenvalue weighted by Gasteiger charge is -2.17. The lowest BCUT2D eigenvalue weighted by Crippen LogP contribution is -2.23. The molecule has 1 atom stereocenters. The summed E-state index contributed by atoms with van der Waals surface area (Å²) < 4.78 is 8.03. The average Bonchev–Trinajstić information content (AvgIpc) is 3.43. The Morgan fingerprint density at radius 1 is 1.19 bits per heavy atom. The topological polar surface area (TPSA) is 94.8 Å². The molecule has 1 aliphatic carbocycles. The number of ether oxygens (including phenoxy) is 1. The maximum Gasteiger partial charge on any atom is 0.239 e. The molecular formula is C22H28N6O2S2. The van der Waals surface area contributed by atoms with Crippen molar-refractivity contribution in [3.8, 4) is 5.75 Å². The lowest BCUT2D eigenvalue weighted by molar-refractivity contribution is -0.115. The van der Waals surface area contributed by atoms with Crippen molar-refractivity contribution < 1.29 is 9.53 Å². The van der Waals surface area contributed by atoms with Crippen LogP contribution < -0.4 is 10.1 Å². The van der Waals surface area contributed by atoms with Gasteiger partial charge in [0.1, 0.15) is 17.4 Å². The van der Waals surface area contributed by atoms with Gasteiger partial charge in [-0.15, -0.1) is 20.4 Å². The van der Waals surface area contributed by atoms with Crippen molar-refractivity contribution in [2.45, 2.75) is 76.4 Å². The van der Waals surface area contributed by atoms with E-state index in [9.17, 15) is 4.79 Å². The summed E-state index contributed by atoms with van der Waals surface area (Å²) in [4.78, 5) is 12.6. The second-order valence-electron chi connectivity index (χ2n) is 7.67. The SMILES string of the molecule is CCc1nnc(NC(=O)[C@H](C)Sc2nnc(COc3ccc4c(c3)CCCC4)n2CC)s1. The zero-order valence-electron chi connectivity index (χ0n) is 18.6. The van der Waals surface area contributed by atoms with Crippen molar-refractivity contribution in [1.29, 1.82) is 0 Å². The molecule has 3 aromatic rings. The number of aromatic nitrogens is 5. The van der Waals surface area contributed by atoms with Crippen LogP contribution in [-0.2, 0) is 37.2 Å². The first-order valence-electron chi connectivity index (χ1n) is 11.0. The summed E-state index contributed by atoms with van der Waals surface area (Å²) in [6, 6.07) is 6.37. The number of hydrogen-bond donors (Lipinski definition) is 1. The highest BCUT2D eigenvalue weighted by atomic mass is 32.2. The third-order valence-electron chi connectivity index (χ3n) is 5.45. The predicted molar refractivity (Wildman–Crippen MR) is 126 cm³/mol. The van der Waals surface area contributed by atoms with Gasteiger partial charge in [-0.3, -0.25) is 10.1 Å². The van der Waals surface area contributed by atoms with E-state index in [1.165, 1.54) is 47.1 Å². The molecule has 0 saturated carbocycles. The van der Waals surface area contributed by atoms with Crippen molar-refractivity contribution in [3.05, 3.63) is 40.2 Å². The Bertz CT molecular complexity index is 1080. The molecule has 8 nitrogen and oxygen atoms in total. The molecule has 1 aromatic carbocycles. The molecule has 4 rings (SSSR count). The summed E-state index contributed by atoms with van der Waals surface area (Å²) in [6.45, 7) is 6.93. The van der Waals surface area contributed by atoms with Gasteiger partial charge in [0, 0.05) is 6.54 Å². The maximum absolute atomic E-state index is 12.6. The van der Waals surface area contributed by atoms with Gasteiger partial charge < -0.3 is 9.30 Å². The molecule has 2 aromatic heterocycles. The number of nitrogens with one attached hydrogen (secondary N) is 1. The molecule has 2 heterocycles. The lowest BCUT2D eigenvalue weighted by atomic mass is 9.92.